The Morgan fingerprint density at radius 3 is 2.58 bits per heavy atom. The van der Waals surface area contributed by atoms with Gasteiger partial charge in [0.1, 0.15) is 11.4 Å². The molecule has 2 N–H and O–H groups in total. The fraction of sp³-hybridized carbons (Fsp3) is 0.235. The highest BCUT2D eigenvalue weighted by molar-refractivity contribution is 6.28. The van der Waals surface area contributed by atoms with E-state index in [0.717, 1.165) is 0 Å². The number of hydrogen-bond donors (Lipinski definition) is 1. The van der Waals surface area contributed by atoms with Crippen LogP contribution >= 0.6 is 11.6 Å². The van der Waals surface area contributed by atoms with E-state index in [-0.39, 0.29) is 21.9 Å². The highest BCUT2D eigenvalue weighted by atomic mass is 35.5. The van der Waals surface area contributed by atoms with Gasteiger partial charge in [-0.05, 0) is 29.8 Å². The first-order valence-electron chi connectivity index (χ1n) is 7.32. The molecule has 0 radical (unpaired) electrons. The Labute approximate surface area is 143 Å². The Morgan fingerprint density at radius 1 is 1.17 bits per heavy atom. The second-order valence-corrected chi connectivity index (χ2v) is 6.70. The molecule has 1 aromatic carbocycles. The van der Waals surface area contributed by atoms with E-state index in [1.807, 2.05) is 20.8 Å². The van der Waals surface area contributed by atoms with Crippen LogP contribution in [0.25, 0.3) is 22.7 Å². The van der Waals surface area contributed by atoms with Gasteiger partial charge in [-0.15, -0.1) is 0 Å². The molecule has 0 bridgehead atoms. The van der Waals surface area contributed by atoms with Crippen molar-refractivity contribution in [3.8, 4) is 22.7 Å². The number of aromatic nitrogens is 3. The van der Waals surface area contributed by atoms with Gasteiger partial charge in [0.2, 0.25) is 11.2 Å². The van der Waals surface area contributed by atoms with Crippen molar-refractivity contribution in [1.29, 1.82) is 0 Å². The van der Waals surface area contributed by atoms with Crippen molar-refractivity contribution in [2.24, 2.45) is 0 Å². The first kappa shape index (κ1) is 16.4. The largest absolute Gasteiger partial charge is 0.438 e. The Hall–Kier alpha value is -2.47. The second kappa shape index (κ2) is 5.87. The van der Waals surface area contributed by atoms with Crippen LogP contribution in [0, 0.1) is 5.82 Å². The third kappa shape index (κ3) is 2.97. The number of rotatable bonds is 2. The van der Waals surface area contributed by atoms with Gasteiger partial charge in [-0.1, -0.05) is 26.8 Å². The summed E-state index contributed by atoms with van der Waals surface area (Å²) >= 11 is 5.87. The Morgan fingerprint density at radius 2 is 1.92 bits per heavy atom. The van der Waals surface area contributed by atoms with Crippen molar-refractivity contribution in [3.05, 3.63) is 47.5 Å². The maximum absolute atomic E-state index is 14.5. The van der Waals surface area contributed by atoms with E-state index in [2.05, 4.69) is 15.0 Å². The monoisotopic (exact) mass is 346 g/mol. The average molecular weight is 347 g/mol. The van der Waals surface area contributed by atoms with Crippen LogP contribution in [0.3, 0.4) is 0 Å². The molecule has 0 aliphatic carbocycles. The molecule has 2 aromatic heterocycles. The molecule has 0 aliphatic rings. The minimum Gasteiger partial charge on any atom is -0.438 e. The number of oxazole rings is 1. The number of nitrogens with two attached hydrogens (primary N) is 1. The van der Waals surface area contributed by atoms with Gasteiger partial charge in [0.15, 0.2) is 11.6 Å². The van der Waals surface area contributed by atoms with E-state index in [4.69, 9.17) is 21.8 Å². The lowest BCUT2D eigenvalue weighted by atomic mass is 9.97. The van der Waals surface area contributed by atoms with Gasteiger partial charge in [0.25, 0.3) is 0 Å². The molecular formula is C17H16ClFN4O. The van der Waals surface area contributed by atoms with E-state index >= 15 is 0 Å². The van der Waals surface area contributed by atoms with Gasteiger partial charge in [-0.25, -0.2) is 19.3 Å². The predicted molar refractivity (Wildman–Crippen MR) is 91.0 cm³/mol. The summed E-state index contributed by atoms with van der Waals surface area (Å²) in [5.41, 5.74) is 6.37. The maximum Gasteiger partial charge on any atom is 0.222 e. The molecule has 0 amide bonds. The number of nitrogens with zero attached hydrogens (tertiary/aromatic N) is 3. The molecule has 0 saturated heterocycles. The van der Waals surface area contributed by atoms with Gasteiger partial charge in [0, 0.05) is 17.2 Å². The molecule has 5 nitrogen and oxygen atoms in total. The third-order valence-electron chi connectivity index (χ3n) is 3.41. The summed E-state index contributed by atoms with van der Waals surface area (Å²) in [6, 6.07) is 6.38. The standard InChI is InChI=1S/C17H16ClFN4O/c1-17(2,3)15-23-13(9-5-4-6-10(20)12(9)19)14(24-15)11-7-8-21-16(18)22-11/h4-8H,20H2,1-3H3. The van der Waals surface area contributed by atoms with Crippen LogP contribution in [0.5, 0.6) is 0 Å². The van der Waals surface area contributed by atoms with Crippen molar-refractivity contribution in [1.82, 2.24) is 15.0 Å². The second-order valence-electron chi connectivity index (χ2n) is 6.37. The smallest absolute Gasteiger partial charge is 0.222 e. The average Bonchev–Trinajstić information content (AvgIpc) is 2.95. The molecule has 0 unspecified atom stereocenters. The quantitative estimate of drug-likeness (QED) is 0.547. The highest BCUT2D eigenvalue weighted by Crippen LogP contribution is 2.37. The zero-order chi connectivity index (χ0) is 17.5. The van der Waals surface area contributed by atoms with E-state index in [1.54, 1.807) is 18.2 Å². The Kier molecular flexibility index (Phi) is 4.01. The molecule has 2 heterocycles. The molecule has 3 aromatic rings. The summed E-state index contributed by atoms with van der Waals surface area (Å²) in [7, 11) is 0. The number of benzene rings is 1. The Bertz CT molecular complexity index is 902. The normalized spacial score (nSPS) is 11.7. The first-order chi connectivity index (χ1) is 11.3. The van der Waals surface area contributed by atoms with Gasteiger partial charge in [-0.2, -0.15) is 0 Å². The topological polar surface area (TPSA) is 77.8 Å². The number of anilines is 1. The summed E-state index contributed by atoms with van der Waals surface area (Å²) in [6.45, 7) is 5.86. The summed E-state index contributed by atoms with van der Waals surface area (Å²) in [6.07, 6.45) is 1.50. The zero-order valence-corrected chi connectivity index (χ0v) is 14.2. The first-order valence-corrected chi connectivity index (χ1v) is 7.70. The summed E-state index contributed by atoms with van der Waals surface area (Å²) in [4.78, 5) is 12.5. The van der Waals surface area contributed by atoms with Crippen molar-refractivity contribution in [2.75, 3.05) is 5.73 Å². The lowest BCUT2D eigenvalue weighted by Gasteiger charge is -2.12. The molecule has 0 aliphatic heterocycles. The molecule has 3 rings (SSSR count). The zero-order valence-electron chi connectivity index (χ0n) is 13.5. The number of hydrogen-bond acceptors (Lipinski definition) is 5. The highest BCUT2D eigenvalue weighted by Gasteiger charge is 2.27. The van der Waals surface area contributed by atoms with Crippen LogP contribution in [0.1, 0.15) is 26.7 Å². The van der Waals surface area contributed by atoms with E-state index in [9.17, 15) is 4.39 Å². The summed E-state index contributed by atoms with van der Waals surface area (Å²) in [5.74, 6) is 0.241. The number of nitrogen functional groups attached to an aromatic ring is 1. The van der Waals surface area contributed by atoms with E-state index in [1.165, 1.54) is 12.3 Å². The molecule has 0 saturated carbocycles. The fourth-order valence-corrected chi connectivity index (χ4v) is 2.34. The van der Waals surface area contributed by atoms with Crippen molar-refractivity contribution < 1.29 is 8.81 Å². The van der Waals surface area contributed by atoms with Gasteiger partial charge < -0.3 is 10.2 Å². The molecule has 0 fully saturated rings. The van der Waals surface area contributed by atoms with Gasteiger partial charge >= 0.3 is 0 Å². The summed E-state index contributed by atoms with van der Waals surface area (Å²) in [5, 5.41) is 0.0696. The van der Waals surface area contributed by atoms with Crippen molar-refractivity contribution in [2.45, 2.75) is 26.2 Å². The fourth-order valence-electron chi connectivity index (χ4n) is 2.19. The molecule has 7 heteroatoms. The third-order valence-corrected chi connectivity index (χ3v) is 3.59. The summed E-state index contributed by atoms with van der Waals surface area (Å²) < 4.78 is 20.4. The molecule has 124 valence electrons. The van der Waals surface area contributed by atoms with Crippen LogP contribution < -0.4 is 5.73 Å². The predicted octanol–water partition coefficient (Wildman–Crippen LogP) is 4.47. The van der Waals surface area contributed by atoms with Gasteiger partial charge in [-0.3, -0.25) is 0 Å². The molecule has 24 heavy (non-hydrogen) atoms. The maximum atomic E-state index is 14.5. The minimum absolute atomic E-state index is 0.0412. The molecule has 0 spiro atoms. The lowest BCUT2D eigenvalue weighted by molar-refractivity contribution is 0.398. The minimum atomic E-state index is -0.548. The van der Waals surface area contributed by atoms with E-state index in [0.29, 0.717) is 23.0 Å². The SMILES string of the molecule is CC(C)(C)c1nc(-c2cccc(N)c2F)c(-c2ccnc(Cl)n2)o1. The van der Waals surface area contributed by atoms with Gasteiger partial charge in [0.05, 0.1) is 5.69 Å². The Balaban J connectivity index is 2.28. The van der Waals surface area contributed by atoms with Crippen molar-refractivity contribution >= 4 is 17.3 Å². The van der Waals surface area contributed by atoms with Crippen molar-refractivity contribution in [3.63, 3.8) is 0 Å². The van der Waals surface area contributed by atoms with Crippen LogP contribution in [0.2, 0.25) is 5.28 Å². The van der Waals surface area contributed by atoms with Crippen LogP contribution in [0.4, 0.5) is 10.1 Å². The van der Waals surface area contributed by atoms with E-state index < -0.39 is 5.82 Å². The lowest BCUT2D eigenvalue weighted by Crippen LogP contribution is -2.11. The van der Waals surface area contributed by atoms with Crippen LogP contribution in [0.15, 0.2) is 34.9 Å². The molecular weight excluding hydrogens is 331 g/mol. The number of halogens is 2. The van der Waals surface area contributed by atoms with Crippen LogP contribution in [-0.4, -0.2) is 15.0 Å². The van der Waals surface area contributed by atoms with Crippen LogP contribution in [-0.2, 0) is 5.41 Å². The molecule has 0 atom stereocenters.